The van der Waals surface area contributed by atoms with E-state index in [1.165, 1.54) is 12.8 Å². The zero-order valence-corrected chi connectivity index (χ0v) is 15.2. The van der Waals surface area contributed by atoms with Gasteiger partial charge in [-0.3, -0.25) is 9.59 Å². The predicted molar refractivity (Wildman–Crippen MR) is 97.5 cm³/mol. The van der Waals surface area contributed by atoms with E-state index in [1.54, 1.807) is 4.90 Å². The molecule has 1 aromatic carbocycles. The average Bonchev–Trinajstić information content (AvgIpc) is 3.05. The van der Waals surface area contributed by atoms with Crippen molar-refractivity contribution in [2.45, 2.75) is 45.1 Å². The summed E-state index contributed by atoms with van der Waals surface area (Å²) in [5.74, 6) is 1.58. The molecule has 0 bridgehead atoms. The number of carbonyl (C=O) groups excluding carboxylic acids is 2. The molecule has 1 saturated heterocycles. The van der Waals surface area contributed by atoms with Gasteiger partial charge in [-0.1, -0.05) is 19.8 Å². The van der Waals surface area contributed by atoms with Gasteiger partial charge in [-0.2, -0.15) is 0 Å². The van der Waals surface area contributed by atoms with Crippen molar-refractivity contribution < 1.29 is 19.1 Å². The molecule has 0 spiro atoms. The maximum atomic E-state index is 12.7. The summed E-state index contributed by atoms with van der Waals surface area (Å²) in [6.07, 6.45) is 4.88. The van der Waals surface area contributed by atoms with Crippen LogP contribution in [0.15, 0.2) is 18.2 Å². The molecule has 1 aliphatic carbocycles. The van der Waals surface area contributed by atoms with Gasteiger partial charge in [0.25, 0.3) is 0 Å². The molecule has 140 valence electrons. The van der Waals surface area contributed by atoms with E-state index in [2.05, 4.69) is 12.2 Å². The van der Waals surface area contributed by atoms with Crippen LogP contribution in [0.25, 0.3) is 0 Å². The van der Waals surface area contributed by atoms with Crippen molar-refractivity contribution in [3.05, 3.63) is 18.2 Å². The van der Waals surface area contributed by atoms with Crippen LogP contribution < -0.4 is 19.7 Å². The van der Waals surface area contributed by atoms with Gasteiger partial charge in [0.05, 0.1) is 5.92 Å². The van der Waals surface area contributed by atoms with Gasteiger partial charge in [0.2, 0.25) is 11.8 Å². The fourth-order valence-corrected chi connectivity index (χ4v) is 4.16. The zero-order chi connectivity index (χ0) is 18.1. The Morgan fingerprint density at radius 2 is 1.92 bits per heavy atom. The van der Waals surface area contributed by atoms with Gasteiger partial charge in [-0.05, 0) is 30.9 Å². The highest BCUT2D eigenvalue weighted by molar-refractivity contribution is 6.00. The molecule has 26 heavy (non-hydrogen) atoms. The van der Waals surface area contributed by atoms with E-state index in [0.29, 0.717) is 37.2 Å². The molecule has 1 aromatic rings. The van der Waals surface area contributed by atoms with Crippen LogP contribution >= 0.6 is 0 Å². The standard InChI is InChI=1S/C20H26N2O4/c1-13-4-2-3-5-16(13)21-20(24)14-10-19(23)22(12-14)15-6-7-17-18(11-15)26-9-8-25-17/h6-7,11,13-14,16H,2-5,8-10,12H2,1H3,(H,21,24). The van der Waals surface area contributed by atoms with Gasteiger partial charge >= 0.3 is 0 Å². The van der Waals surface area contributed by atoms with E-state index in [-0.39, 0.29) is 30.2 Å². The highest BCUT2D eigenvalue weighted by atomic mass is 16.6. The Labute approximate surface area is 153 Å². The van der Waals surface area contributed by atoms with Crippen LogP contribution in [-0.2, 0) is 9.59 Å². The van der Waals surface area contributed by atoms with Crippen molar-refractivity contribution in [3.8, 4) is 11.5 Å². The second-order valence-corrected chi connectivity index (χ2v) is 7.61. The summed E-state index contributed by atoms with van der Waals surface area (Å²) in [4.78, 5) is 26.9. The van der Waals surface area contributed by atoms with Gasteiger partial charge < -0.3 is 19.7 Å². The lowest BCUT2D eigenvalue weighted by atomic mass is 9.85. The summed E-state index contributed by atoms with van der Waals surface area (Å²) in [5, 5.41) is 3.19. The summed E-state index contributed by atoms with van der Waals surface area (Å²) in [5.41, 5.74) is 0.764. The van der Waals surface area contributed by atoms with E-state index in [0.717, 1.165) is 18.5 Å². The van der Waals surface area contributed by atoms with Crippen LogP contribution in [0.5, 0.6) is 11.5 Å². The largest absolute Gasteiger partial charge is 0.486 e. The number of amides is 2. The molecule has 6 nitrogen and oxygen atoms in total. The van der Waals surface area contributed by atoms with Gasteiger partial charge in [0, 0.05) is 30.8 Å². The Balaban J connectivity index is 1.42. The SMILES string of the molecule is CC1CCCCC1NC(=O)C1CC(=O)N(c2ccc3c(c2)OCCO3)C1. The molecule has 2 amide bonds. The number of fused-ring (bicyclic) bond motifs is 1. The Morgan fingerprint density at radius 3 is 2.73 bits per heavy atom. The maximum absolute atomic E-state index is 12.7. The second kappa shape index (κ2) is 7.17. The number of ether oxygens (including phenoxy) is 2. The van der Waals surface area contributed by atoms with Crippen LogP contribution in [-0.4, -0.2) is 37.6 Å². The van der Waals surface area contributed by atoms with Crippen LogP contribution in [0.2, 0.25) is 0 Å². The maximum Gasteiger partial charge on any atom is 0.227 e. The molecule has 2 fully saturated rings. The van der Waals surface area contributed by atoms with Crippen molar-refractivity contribution in [1.82, 2.24) is 5.32 Å². The number of benzene rings is 1. The van der Waals surface area contributed by atoms with E-state index >= 15 is 0 Å². The third kappa shape index (κ3) is 3.37. The quantitative estimate of drug-likeness (QED) is 0.901. The third-order valence-corrected chi connectivity index (χ3v) is 5.77. The molecular formula is C20H26N2O4. The lowest BCUT2D eigenvalue weighted by Crippen LogP contribution is -2.44. The van der Waals surface area contributed by atoms with E-state index in [1.807, 2.05) is 18.2 Å². The van der Waals surface area contributed by atoms with Crippen molar-refractivity contribution in [3.63, 3.8) is 0 Å². The number of carbonyl (C=O) groups is 2. The first-order valence-electron chi connectivity index (χ1n) is 9.62. The minimum absolute atomic E-state index is 0.0112. The second-order valence-electron chi connectivity index (χ2n) is 7.61. The van der Waals surface area contributed by atoms with Crippen molar-refractivity contribution in [2.24, 2.45) is 11.8 Å². The lowest BCUT2D eigenvalue weighted by molar-refractivity contribution is -0.127. The molecule has 1 N–H and O–H groups in total. The number of nitrogens with one attached hydrogen (secondary N) is 1. The fraction of sp³-hybridized carbons (Fsp3) is 0.600. The van der Waals surface area contributed by atoms with E-state index in [4.69, 9.17) is 9.47 Å². The monoisotopic (exact) mass is 358 g/mol. The molecule has 1 saturated carbocycles. The van der Waals surface area contributed by atoms with E-state index in [9.17, 15) is 9.59 Å². The van der Waals surface area contributed by atoms with Crippen molar-refractivity contribution in [1.29, 1.82) is 0 Å². The number of nitrogens with zero attached hydrogens (tertiary/aromatic N) is 1. The Morgan fingerprint density at radius 1 is 1.15 bits per heavy atom. The zero-order valence-electron chi connectivity index (χ0n) is 15.2. The van der Waals surface area contributed by atoms with Crippen molar-refractivity contribution in [2.75, 3.05) is 24.7 Å². The number of rotatable bonds is 3. The highest BCUT2D eigenvalue weighted by Crippen LogP contribution is 2.36. The number of hydrogen-bond donors (Lipinski definition) is 1. The molecular weight excluding hydrogens is 332 g/mol. The summed E-state index contributed by atoms with van der Waals surface area (Å²) >= 11 is 0. The van der Waals surface area contributed by atoms with Crippen molar-refractivity contribution >= 4 is 17.5 Å². The van der Waals surface area contributed by atoms with E-state index < -0.39 is 0 Å². The Hall–Kier alpha value is -2.24. The van der Waals surface area contributed by atoms with Gasteiger partial charge in [-0.15, -0.1) is 0 Å². The minimum Gasteiger partial charge on any atom is -0.486 e. The molecule has 4 rings (SSSR count). The number of hydrogen-bond acceptors (Lipinski definition) is 4. The molecule has 0 radical (unpaired) electrons. The molecule has 6 heteroatoms. The molecule has 2 aliphatic heterocycles. The molecule has 2 heterocycles. The number of anilines is 1. The highest BCUT2D eigenvalue weighted by Gasteiger charge is 2.37. The molecule has 0 aromatic heterocycles. The summed E-state index contributed by atoms with van der Waals surface area (Å²) in [6.45, 7) is 3.67. The van der Waals surface area contributed by atoms with Gasteiger partial charge in [0.15, 0.2) is 11.5 Å². The van der Waals surface area contributed by atoms with Crippen LogP contribution in [0.1, 0.15) is 39.0 Å². The fourth-order valence-electron chi connectivity index (χ4n) is 4.16. The molecule has 3 unspecified atom stereocenters. The Bertz CT molecular complexity index is 705. The summed E-state index contributed by atoms with van der Waals surface area (Å²) < 4.78 is 11.1. The average molecular weight is 358 g/mol. The first-order chi connectivity index (χ1) is 12.6. The van der Waals surface area contributed by atoms with Crippen LogP contribution in [0.3, 0.4) is 0 Å². The first-order valence-corrected chi connectivity index (χ1v) is 9.62. The van der Waals surface area contributed by atoms with Gasteiger partial charge in [-0.25, -0.2) is 0 Å². The Kier molecular flexibility index (Phi) is 4.74. The third-order valence-electron chi connectivity index (χ3n) is 5.77. The predicted octanol–water partition coefficient (Wildman–Crippen LogP) is 2.51. The lowest BCUT2D eigenvalue weighted by Gasteiger charge is -2.30. The summed E-state index contributed by atoms with van der Waals surface area (Å²) in [7, 11) is 0. The van der Waals surface area contributed by atoms with Gasteiger partial charge in [0.1, 0.15) is 13.2 Å². The van der Waals surface area contributed by atoms with Crippen LogP contribution in [0, 0.1) is 11.8 Å². The normalized spacial score (nSPS) is 28.1. The first kappa shape index (κ1) is 17.2. The van der Waals surface area contributed by atoms with Crippen LogP contribution in [0.4, 0.5) is 5.69 Å². The topological polar surface area (TPSA) is 67.9 Å². The summed E-state index contributed by atoms with van der Waals surface area (Å²) in [6, 6.07) is 5.76. The minimum atomic E-state index is -0.287. The molecule has 3 atom stereocenters. The molecule has 3 aliphatic rings. The smallest absolute Gasteiger partial charge is 0.227 e.